The average Bonchev–Trinajstić information content (AvgIpc) is 2.57. The highest BCUT2D eigenvalue weighted by Gasteiger charge is 2.16. The summed E-state index contributed by atoms with van der Waals surface area (Å²) in [5, 5.41) is 8.92. The minimum atomic E-state index is -0.966. The van der Waals surface area contributed by atoms with Crippen molar-refractivity contribution in [3.05, 3.63) is 35.9 Å². The molecule has 0 fully saturated rings. The van der Waals surface area contributed by atoms with E-state index < -0.39 is 5.97 Å². The highest BCUT2D eigenvalue weighted by molar-refractivity contribution is 5.74. The number of carbonyl (C=O) groups is 1. The van der Waals surface area contributed by atoms with Gasteiger partial charge in [-0.15, -0.1) is 0 Å². The molecule has 0 aromatic heterocycles. The lowest BCUT2D eigenvalue weighted by Gasteiger charge is -2.16. The van der Waals surface area contributed by atoms with Gasteiger partial charge in [0.15, 0.2) is 17.2 Å². The van der Waals surface area contributed by atoms with Gasteiger partial charge >= 0.3 is 5.97 Å². The molecule has 0 saturated heterocycles. The minimum absolute atomic E-state index is 0.182. The Labute approximate surface area is 139 Å². The zero-order chi connectivity index (χ0) is 17.7. The van der Waals surface area contributed by atoms with Crippen molar-refractivity contribution in [2.24, 2.45) is 0 Å². The van der Waals surface area contributed by atoms with Crippen LogP contribution >= 0.6 is 0 Å². The van der Waals surface area contributed by atoms with Crippen LogP contribution < -0.4 is 24.7 Å². The predicted molar refractivity (Wildman–Crippen MR) is 88.4 cm³/mol. The zero-order valence-electron chi connectivity index (χ0n) is 13.7. The summed E-state index contributed by atoms with van der Waals surface area (Å²) in [5.41, 5.74) is 6.75. The summed E-state index contributed by atoms with van der Waals surface area (Å²) in [4.78, 5) is 10.9. The van der Waals surface area contributed by atoms with E-state index >= 15 is 0 Å². The smallest absolute Gasteiger partial charge is 0.307 e. The Morgan fingerprint density at radius 3 is 2.17 bits per heavy atom. The number of benzene rings is 2. The van der Waals surface area contributed by atoms with Crippen molar-refractivity contribution < 1.29 is 28.8 Å². The summed E-state index contributed by atoms with van der Waals surface area (Å²) in [6.07, 6.45) is -0.182. The molecular formula is C17H19NO6. The predicted octanol–water partition coefficient (Wildman–Crippen LogP) is 2.71. The van der Waals surface area contributed by atoms with Crippen LogP contribution in [-0.4, -0.2) is 32.4 Å². The van der Waals surface area contributed by atoms with Crippen LogP contribution in [0.2, 0.25) is 0 Å². The molecule has 0 amide bonds. The number of hydrogen-bond acceptors (Lipinski definition) is 6. The van der Waals surface area contributed by atoms with Gasteiger partial charge in [-0.1, -0.05) is 12.1 Å². The van der Waals surface area contributed by atoms with Crippen LogP contribution in [0.25, 0.3) is 0 Å². The Morgan fingerprint density at radius 1 is 1.04 bits per heavy atom. The van der Waals surface area contributed by atoms with Gasteiger partial charge in [0.1, 0.15) is 5.75 Å². The monoisotopic (exact) mass is 333 g/mol. The molecule has 0 aliphatic carbocycles. The van der Waals surface area contributed by atoms with E-state index in [9.17, 15) is 4.79 Å². The van der Waals surface area contributed by atoms with Gasteiger partial charge in [0, 0.05) is 12.1 Å². The van der Waals surface area contributed by atoms with Gasteiger partial charge in [0.2, 0.25) is 5.75 Å². The topological polar surface area (TPSA) is 100 Å². The number of carboxylic acids is 1. The highest BCUT2D eigenvalue weighted by atomic mass is 16.5. The largest absolute Gasteiger partial charge is 0.493 e. The minimum Gasteiger partial charge on any atom is -0.493 e. The molecule has 2 rings (SSSR count). The van der Waals surface area contributed by atoms with Crippen LogP contribution in [0.1, 0.15) is 5.56 Å². The standard InChI is InChI=1S/C17H19NO6/c1-21-13-8-11(9-14(22-2)17(13)23-3)24-12-6-4-5-10(16(12)18)7-15(19)20/h4-6,8-9H,7,18H2,1-3H3,(H,19,20). The summed E-state index contributed by atoms with van der Waals surface area (Å²) in [7, 11) is 4.51. The van der Waals surface area contributed by atoms with Crippen molar-refractivity contribution in [3.8, 4) is 28.7 Å². The lowest BCUT2D eigenvalue weighted by Crippen LogP contribution is -2.04. The average molecular weight is 333 g/mol. The fourth-order valence-corrected chi connectivity index (χ4v) is 2.24. The molecule has 2 aromatic carbocycles. The molecule has 7 heteroatoms. The molecule has 0 aliphatic heterocycles. The molecule has 0 heterocycles. The van der Waals surface area contributed by atoms with Gasteiger partial charge < -0.3 is 29.8 Å². The van der Waals surface area contributed by atoms with Crippen LogP contribution in [0.3, 0.4) is 0 Å². The van der Waals surface area contributed by atoms with E-state index in [1.807, 2.05) is 0 Å². The van der Waals surface area contributed by atoms with Gasteiger partial charge in [-0.25, -0.2) is 0 Å². The normalized spacial score (nSPS) is 10.1. The number of rotatable bonds is 7. The number of aliphatic carboxylic acids is 1. The second-order valence-corrected chi connectivity index (χ2v) is 4.86. The van der Waals surface area contributed by atoms with Crippen molar-refractivity contribution in [1.82, 2.24) is 0 Å². The molecule has 0 atom stereocenters. The Bertz CT molecular complexity index is 719. The third kappa shape index (κ3) is 3.62. The van der Waals surface area contributed by atoms with Crippen molar-refractivity contribution in [2.75, 3.05) is 27.1 Å². The van der Waals surface area contributed by atoms with E-state index in [1.165, 1.54) is 21.3 Å². The number of methoxy groups -OCH3 is 3. The first-order valence-electron chi connectivity index (χ1n) is 7.07. The van der Waals surface area contributed by atoms with Gasteiger partial charge in [0.05, 0.1) is 33.4 Å². The van der Waals surface area contributed by atoms with Crippen LogP contribution in [0.15, 0.2) is 30.3 Å². The molecule has 0 bridgehead atoms. The van der Waals surface area contributed by atoms with E-state index in [0.717, 1.165) is 0 Å². The van der Waals surface area contributed by atoms with Gasteiger partial charge in [0.25, 0.3) is 0 Å². The number of para-hydroxylation sites is 1. The first kappa shape index (κ1) is 17.3. The maximum atomic E-state index is 10.9. The van der Waals surface area contributed by atoms with Gasteiger partial charge in [-0.05, 0) is 11.6 Å². The van der Waals surface area contributed by atoms with Crippen molar-refractivity contribution in [3.63, 3.8) is 0 Å². The maximum Gasteiger partial charge on any atom is 0.307 e. The third-order valence-corrected chi connectivity index (χ3v) is 3.36. The molecule has 0 aliphatic rings. The Hall–Kier alpha value is -3.09. The second kappa shape index (κ2) is 7.45. The molecule has 0 unspecified atom stereocenters. The fourth-order valence-electron chi connectivity index (χ4n) is 2.24. The van der Waals surface area contributed by atoms with E-state index in [2.05, 4.69) is 0 Å². The highest BCUT2D eigenvalue weighted by Crippen LogP contribution is 2.42. The number of nitrogens with two attached hydrogens (primary N) is 1. The van der Waals surface area contributed by atoms with E-state index in [4.69, 9.17) is 29.8 Å². The Kier molecular flexibility index (Phi) is 5.36. The quantitative estimate of drug-likeness (QED) is 0.751. The molecule has 0 spiro atoms. The number of ether oxygens (including phenoxy) is 4. The number of anilines is 1. The van der Waals surface area contributed by atoms with Gasteiger partial charge in [-0.2, -0.15) is 0 Å². The molecule has 0 radical (unpaired) electrons. The first-order valence-corrected chi connectivity index (χ1v) is 7.07. The van der Waals surface area contributed by atoms with Crippen molar-refractivity contribution in [1.29, 1.82) is 0 Å². The van der Waals surface area contributed by atoms with Crippen LogP contribution in [-0.2, 0) is 11.2 Å². The third-order valence-electron chi connectivity index (χ3n) is 3.36. The van der Waals surface area contributed by atoms with Crippen LogP contribution in [0, 0.1) is 0 Å². The summed E-state index contributed by atoms with van der Waals surface area (Å²) < 4.78 is 21.6. The number of nitrogen functional groups attached to an aromatic ring is 1. The molecule has 0 saturated carbocycles. The molecule has 3 N–H and O–H groups in total. The van der Waals surface area contributed by atoms with E-state index in [1.54, 1.807) is 30.3 Å². The lowest BCUT2D eigenvalue weighted by molar-refractivity contribution is -0.136. The van der Waals surface area contributed by atoms with E-state index in [0.29, 0.717) is 34.3 Å². The van der Waals surface area contributed by atoms with Crippen LogP contribution in [0.5, 0.6) is 28.7 Å². The molecule has 2 aromatic rings. The maximum absolute atomic E-state index is 10.9. The first-order chi connectivity index (χ1) is 11.5. The lowest BCUT2D eigenvalue weighted by atomic mass is 10.1. The summed E-state index contributed by atoms with van der Waals surface area (Å²) >= 11 is 0. The van der Waals surface area contributed by atoms with Crippen LogP contribution in [0.4, 0.5) is 5.69 Å². The summed E-state index contributed by atoms with van der Waals surface area (Å²) in [6, 6.07) is 8.24. The Balaban J connectivity index is 2.39. The molecular weight excluding hydrogens is 314 g/mol. The second-order valence-electron chi connectivity index (χ2n) is 4.86. The fraction of sp³-hybridized carbons (Fsp3) is 0.235. The number of hydrogen-bond donors (Lipinski definition) is 2. The molecule has 7 nitrogen and oxygen atoms in total. The van der Waals surface area contributed by atoms with E-state index in [-0.39, 0.29) is 12.1 Å². The zero-order valence-corrected chi connectivity index (χ0v) is 13.7. The SMILES string of the molecule is COc1cc(Oc2cccc(CC(=O)O)c2N)cc(OC)c1OC. The van der Waals surface area contributed by atoms with Crippen molar-refractivity contribution >= 4 is 11.7 Å². The van der Waals surface area contributed by atoms with Crippen molar-refractivity contribution in [2.45, 2.75) is 6.42 Å². The van der Waals surface area contributed by atoms with Gasteiger partial charge in [-0.3, -0.25) is 4.79 Å². The summed E-state index contributed by atoms with van der Waals surface area (Å²) in [6.45, 7) is 0. The molecule has 128 valence electrons. The Morgan fingerprint density at radius 2 is 1.67 bits per heavy atom. The molecule has 24 heavy (non-hydrogen) atoms. The number of carboxylic acid groups (broad SMARTS) is 1. The summed E-state index contributed by atoms with van der Waals surface area (Å²) in [5.74, 6) is 1.12.